The Labute approximate surface area is 183 Å². The monoisotopic (exact) mass is 479 g/mol. The zero-order chi connectivity index (χ0) is 22.6. The van der Waals surface area contributed by atoms with Crippen LogP contribution >= 0.6 is 22.7 Å². The van der Waals surface area contributed by atoms with E-state index in [2.05, 4.69) is 21.2 Å². The lowest BCUT2D eigenvalue weighted by atomic mass is 10.3. The third-order valence-corrected chi connectivity index (χ3v) is 6.84. The first-order valence-corrected chi connectivity index (χ1v) is 11.9. The molecule has 0 saturated heterocycles. The molecular formula is C17H13N5O6S3. The summed E-state index contributed by atoms with van der Waals surface area (Å²) >= 11 is 2.08. The molecule has 3 rings (SSSR count). The van der Waals surface area contributed by atoms with Gasteiger partial charge in [-0.2, -0.15) is 4.99 Å². The van der Waals surface area contributed by atoms with E-state index in [-0.39, 0.29) is 22.2 Å². The zero-order valence-corrected chi connectivity index (χ0v) is 18.0. The van der Waals surface area contributed by atoms with Gasteiger partial charge in [-0.1, -0.05) is 17.3 Å². The van der Waals surface area contributed by atoms with Crippen molar-refractivity contribution in [3.8, 4) is 12.3 Å². The number of non-ortho nitro benzene ring substituents is 1. The highest BCUT2D eigenvalue weighted by atomic mass is 32.2. The molecule has 160 valence electrons. The predicted molar refractivity (Wildman–Crippen MR) is 115 cm³/mol. The van der Waals surface area contributed by atoms with E-state index in [4.69, 9.17) is 6.42 Å². The second kappa shape index (κ2) is 9.16. The van der Waals surface area contributed by atoms with Crippen molar-refractivity contribution in [1.29, 1.82) is 0 Å². The highest BCUT2D eigenvalue weighted by Crippen LogP contribution is 2.23. The molecule has 0 spiro atoms. The highest BCUT2D eigenvalue weighted by molar-refractivity contribution is 7.92. The van der Waals surface area contributed by atoms with E-state index in [1.807, 2.05) is 0 Å². The number of benzene rings is 1. The topological polar surface area (TPSA) is 154 Å². The highest BCUT2D eigenvalue weighted by Gasteiger charge is 2.22. The molecule has 0 atom stereocenters. The maximum absolute atomic E-state index is 12.3. The molecule has 11 nitrogen and oxygen atoms in total. The van der Waals surface area contributed by atoms with Crippen LogP contribution in [-0.2, 0) is 26.0 Å². The third-order valence-electron chi connectivity index (χ3n) is 3.72. The number of nitrogens with zero attached hydrogens (tertiary/aromatic N) is 4. The molecule has 0 fully saturated rings. The van der Waals surface area contributed by atoms with Gasteiger partial charge in [0.05, 0.1) is 21.7 Å². The van der Waals surface area contributed by atoms with Crippen LogP contribution in [0.2, 0.25) is 0 Å². The quantitative estimate of drug-likeness (QED) is 0.303. The number of hydrogen-bond acceptors (Lipinski definition) is 9. The Hall–Kier alpha value is -3.41. The fourth-order valence-corrected chi connectivity index (χ4v) is 5.16. The summed E-state index contributed by atoms with van der Waals surface area (Å²) in [5, 5.41) is 15.2. The molecule has 0 bridgehead atoms. The van der Waals surface area contributed by atoms with E-state index in [1.165, 1.54) is 29.0 Å². The molecule has 1 N–H and O–H groups in total. The Morgan fingerprint density at radius 1 is 1.35 bits per heavy atom. The van der Waals surface area contributed by atoms with Gasteiger partial charge in [0.15, 0.2) is 19.8 Å². The Bertz CT molecular complexity index is 1380. The number of nitro benzene ring substituents is 1. The number of amides is 2. The number of carbonyl (C=O) groups is 2. The van der Waals surface area contributed by atoms with Crippen LogP contribution in [0, 0.1) is 22.5 Å². The van der Waals surface area contributed by atoms with Crippen LogP contribution in [0.5, 0.6) is 0 Å². The minimum Gasteiger partial charge on any atom is -0.305 e. The van der Waals surface area contributed by atoms with Crippen molar-refractivity contribution in [2.45, 2.75) is 6.54 Å². The number of thiazole rings is 2. The van der Waals surface area contributed by atoms with E-state index in [0.717, 1.165) is 22.7 Å². The predicted octanol–water partition coefficient (Wildman–Crippen LogP) is 1.18. The molecule has 0 saturated carbocycles. The van der Waals surface area contributed by atoms with E-state index in [1.54, 1.807) is 5.38 Å². The maximum atomic E-state index is 12.3. The van der Waals surface area contributed by atoms with Gasteiger partial charge in [0.1, 0.15) is 11.5 Å². The van der Waals surface area contributed by atoms with Crippen molar-refractivity contribution in [1.82, 2.24) is 9.55 Å². The van der Waals surface area contributed by atoms with E-state index in [9.17, 15) is 28.1 Å². The normalized spacial score (nSPS) is 11.9. The number of fused-ring (bicyclic) bond motifs is 1. The smallest absolute Gasteiger partial charge is 0.270 e. The molecular weight excluding hydrogens is 466 g/mol. The summed E-state index contributed by atoms with van der Waals surface area (Å²) < 4.78 is 26.3. The van der Waals surface area contributed by atoms with Crippen molar-refractivity contribution in [3.05, 3.63) is 44.7 Å². The number of rotatable bonds is 7. The van der Waals surface area contributed by atoms with Crippen molar-refractivity contribution in [3.63, 3.8) is 0 Å². The number of nitrogens with one attached hydrogen (secondary N) is 1. The number of sulfone groups is 1. The minimum atomic E-state index is -4.09. The van der Waals surface area contributed by atoms with Crippen LogP contribution in [0.25, 0.3) is 10.2 Å². The van der Waals surface area contributed by atoms with Crippen LogP contribution in [0.1, 0.15) is 0 Å². The second-order valence-corrected chi connectivity index (χ2v) is 9.98. The van der Waals surface area contributed by atoms with Gasteiger partial charge in [0.25, 0.3) is 11.6 Å². The Kier molecular flexibility index (Phi) is 6.59. The Morgan fingerprint density at radius 2 is 2.13 bits per heavy atom. The minimum absolute atomic E-state index is 0.0207. The summed E-state index contributed by atoms with van der Waals surface area (Å²) in [5.41, 5.74) is 0.374. The summed E-state index contributed by atoms with van der Waals surface area (Å²) in [7, 11) is -4.09. The molecule has 0 aliphatic heterocycles. The lowest BCUT2D eigenvalue weighted by Crippen LogP contribution is -2.28. The molecule has 3 aromatic rings. The van der Waals surface area contributed by atoms with E-state index >= 15 is 0 Å². The van der Waals surface area contributed by atoms with Crippen molar-refractivity contribution in [2.75, 3.05) is 16.8 Å². The lowest BCUT2D eigenvalue weighted by Gasteiger charge is -2.02. The van der Waals surface area contributed by atoms with E-state index < -0.39 is 38.1 Å². The second-order valence-electron chi connectivity index (χ2n) is 6.01. The first kappa shape index (κ1) is 22.3. The van der Waals surface area contributed by atoms with Crippen LogP contribution in [0.4, 0.5) is 10.8 Å². The summed E-state index contributed by atoms with van der Waals surface area (Å²) in [6.45, 7) is 0.0207. The molecule has 0 aliphatic rings. The molecule has 0 aliphatic carbocycles. The van der Waals surface area contributed by atoms with Gasteiger partial charge in [-0.05, 0) is 6.07 Å². The lowest BCUT2D eigenvalue weighted by molar-refractivity contribution is -0.384. The first-order valence-electron chi connectivity index (χ1n) is 8.37. The van der Waals surface area contributed by atoms with Gasteiger partial charge >= 0.3 is 0 Å². The summed E-state index contributed by atoms with van der Waals surface area (Å²) in [4.78, 5) is 42.3. The SMILES string of the molecule is C#CCn1c(=NC(=O)CS(=O)(=O)CC(=O)Nc2nccs2)sc2cc([N+](=O)[O-])ccc21. The van der Waals surface area contributed by atoms with Gasteiger partial charge in [0.2, 0.25) is 5.91 Å². The molecule has 0 unspecified atom stereocenters. The zero-order valence-electron chi connectivity index (χ0n) is 15.5. The Morgan fingerprint density at radius 3 is 2.77 bits per heavy atom. The van der Waals surface area contributed by atoms with Crippen LogP contribution in [-0.4, -0.2) is 46.2 Å². The van der Waals surface area contributed by atoms with Crippen LogP contribution < -0.4 is 10.1 Å². The molecule has 0 radical (unpaired) electrons. The van der Waals surface area contributed by atoms with Crippen LogP contribution in [0.3, 0.4) is 0 Å². The van der Waals surface area contributed by atoms with E-state index in [0.29, 0.717) is 10.2 Å². The summed E-state index contributed by atoms with van der Waals surface area (Å²) in [6.07, 6.45) is 6.80. The van der Waals surface area contributed by atoms with Crippen molar-refractivity contribution >= 4 is 65.4 Å². The molecule has 2 aromatic heterocycles. The maximum Gasteiger partial charge on any atom is 0.270 e. The fraction of sp³-hybridized carbons (Fsp3) is 0.176. The molecule has 31 heavy (non-hydrogen) atoms. The average Bonchev–Trinajstić information content (AvgIpc) is 3.28. The summed E-state index contributed by atoms with van der Waals surface area (Å²) in [5.74, 6) is -1.30. The van der Waals surface area contributed by atoms with Gasteiger partial charge in [0, 0.05) is 23.7 Å². The standard InChI is InChI=1S/C17H13N5O6S3/c1-2-6-21-12-4-3-11(22(25)26)8-13(12)30-17(21)20-15(24)10-31(27,28)9-14(23)19-16-18-5-7-29-16/h1,3-5,7-8H,6,9-10H2,(H,18,19,23). The van der Waals surface area contributed by atoms with Crippen molar-refractivity contribution in [2.24, 2.45) is 4.99 Å². The number of carbonyl (C=O) groups excluding carboxylic acids is 2. The van der Waals surface area contributed by atoms with Gasteiger partial charge in [-0.25, -0.2) is 13.4 Å². The largest absolute Gasteiger partial charge is 0.305 e. The number of aromatic nitrogens is 2. The molecule has 1 aromatic carbocycles. The fourth-order valence-electron chi connectivity index (χ4n) is 2.52. The number of nitro groups is 1. The number of terminal acetylenes is 1. The number of hydrogen-bond donors (Lipinski definition) is 1. The van der Waals surface area contributed by atoms with Gasteiger partial charge < -0.3 is 9.88 Å². The average molecular weight is 480 g/mol. The molecule has 2 amide bonds. The van der Waals surface area contributed by atoms with Gasteiger partial charge in [-0.3, -0.25) is 19.7 Å². The van der Waals surface area contributed by atoms with Crippen molar-refractivity contribution < 1.29 is 22.9 Å². The van der Waals surface area contributed by atoms with Crippen LogP contribution in [0.15, 0.2) is 34.8 Å². The third kappa shape index (κ3) is 5.60. The molecule has 2 heterocycles. The Balaban J connectivity index is 1.83. The number of anilines is 1. The first-order chi connectivity index (χ1) is 14.7. The van der Waals surface area contributed by atoms with Gasteiger partial charge in [-0.15, -0.1) is 17.8 Å². The summed E-state index contributed by atoms with van der Waals surface area (Å²) in [6, 6.07) is 4.08. The molecule has 14 heteroatoms.